The van der Waals surface area contributed by atoms with E-state index in [0.29, 0.717) is 10.6 Å². The van der Waals surface area contributed by atoms with Crippen LogP contribution in [0.3, 0.4) is 0 Å². The summed E-state index contributed by atoms with van der Waals surface area (Å²) in [4.78, 5) is 0. The van der Waals surface area contributed by atoms with Gasteiger partial charge in [-0.05, 0) is 24.3 Å². The van der Waals surface area contributed by atoms with Crippen LogP contribution in [0.1, 0.15) is 5.56 Å². The molecule has 0 unspecified atom stereocenters. The minimum Gasteiger partial charge on any atom is -0.486 e. The van der Waals surface area contributed by atoms with Crippen molar-refractivity contribution in [3.05, 3.63) is 63.1 Å². The Balaban J connectivity index is 2.13. The predicted molar refractivity (Wildman–Crippen MR) is 69.8 cm³/mol. The summed E-state index contributed by atoms with van der Waals surface area (Å²) in [6.45, 7) is 0.0759. The fraction of sp³-hybridized carbons (Fsp3) is 0.0769. The Labute approximate surface area is 116 Å². The smallest absolute Gasteiger partial charge is 0.165 e. The van der Waals surface area contributed by atoms with Gasteiger partial charge in [0.1, 0.15) is 12.4 Å². The van der Waals surface area contributed by atoms with Crippen molar-refractivity contribution in [2.45, 2.75) is 6.61 Å². The summed E-state index contributed by atoms with van der Waals surface area (Å²) < 4.78 is 32.3. The zero-order valence-electron chi connectivity index (χ0n) is 9.09. The molecule has 2 aromatic carbocycles. The molecular formula is C13H8BrClF2O. The lowest BCUT2D eigenvalue weighted by atomic mass is 10.2. The van der Waals surface area contributed by atoms with Crippen LogP contribution in [0.25, 0.3) is 0 Å². The van der Waals surface area contributed by atoms with Gasteiger partial charge in [0.05, 0.1) is 0 Å². The highest BCUT2D eigenvalue weighted by molar-refractivity contribution is 9.10. The number of hydrogen-bond donors (Lipinski definition) is 0. The first-order valence-electron chi connectivity index (χ1n) is 5.08. The van der Waals surface area contributed by atoms with Gasteiger partial charge in [0.2, 0.25) is 0 Å². The third-order valence-electron chi connectivity index (χ3n) is 2.29. The van der Waals surface area contributed by atoms with Crippen molar-refractivity contribution in [2.75, 3.05) is 0 Å². The first-order chi connectivity index (χ1) is 8.56. The Bertz CT molecular complexity index is 575. The summed E-state index contributed by atoms with van der Waals surface area (Å²) in [6, 6.07) is 8.32. The molecule has 5 heteroatoms. The second-order valence-corrected chi connectivity index (χ2v) is 4.92. The first kappa shape index (κ1) is 13.3. The second kappa shape index (κ2) is 5.67. The predicted octanol–water partition coefficient (Wildman–Crippen LogP) is 4.96. The molecule has 1 nitrogen and oxygen atoms in total. The number of halogens is 4. The third kappa shape index (κ3) is 3.21. The highest BCUT2D eigenvalue weighted by Gasteiger charge is 2.07. The summed E-state index contributed by atoms with van der Waals surface area (Å²) in [5.41, 5.74) is 0.698. The van der Waals surface area contributed by atoms with E-state index >= 15 is 0 Å². The van der Waals surface area contributed by atoms with Crippen LogP contribution in [-0.2, 0) is 6.61 Å². The Hall–Kier alpha value is -1.13. The molecule has 0 bridgehead atoms. The maximum Gasteiger partial charge on any atom is 0.165 e. The van der Waals surface area contributed by atoms with Crippen molar-refractivity contribution < 1.29 is 13.5 Å². The summed E-state index contributed by atoms with van der Waals surface area (Å²) in [6.07, 6.45) is 0. The molecule has 2 aromatic rings. The molecule has 0 aromatic heterocycles. The average molecular weight is 334 g/mol. The molecule has 0 saturated carbocycles. The molecule has 0 fully saturated rings. The average Bonchev–Trinajstić information content (AvgIpc) is 2.32. The van der Waals surface area contributed by atoms with E-state index in [1.54, 1.807) is 18.2 Å². The van der Waals surface area contributed by atoms with Crippen molar-refractivity contribution in [1.29, 1.82) is 0 Å². The number of ether oxygens (including phenoxy) is 1. The van der Waals surface area contributed by atoms with Crippen LogP contribution in [0.2, 0.25) is 5.02 Å². The molecule has 0 spiro atoms. The van der Waals surface area contributed by atoms with Gasteiger partial charge in [0, 0.05) is 21.1 Å². The Morgan fingerprint density at radius 3 is 2.61 bits per heavy atom. The monoisotopic (exact) mass is 332 g/mol. The molecule has 0 amide bonds. The van der Waals surface area contributed by atoms with Crippen molar-refractivity contribution in [2.24, 2.45) is 0 Å². The standard InChI is InChI=1S/C13H8BrClF2O/c14-9-2-1-8(11(15)5-9)7-18-13-6-10(16)3-4-12(13)17/h1-6H,7H2. The fourth-order valence-electron chi connectivity index (χ4n) is 1.38. The molecule has 94 valence electrons. The van der Waals surface area contributed by atoms with Gasteiger partial charge >= 0.3 is 0 Å². The van der Waals surface area contributed by atoms with Gasteiger partial charge in [-0.3, -0.25) is 0 Å². The molecule has 0 heterocycles. The summed E-state index contributed by atoms with van der Waals surface area (Å²) in [5.74, 6) is -1.29. The number of hydrogen-bond acceptors (Lipinski definition) is 1. The molecule has 0 aliphatic heterocycles. The lowest BCUT2D eigenvalue weighted by Crippen LogP contribution is -1.98. The molecule has 0 N–H and O–H groups in total. The van der Waals surface area contributed by atoms with E-state index in [2.05, 4.69) is 15.9 Å². The SMILES string of the molecule is Fc1ccc(F)c(OCc2ccc(Br)cc2Cl)c1. The van der Waals surface area contributed by atoms with E-state index in [1.165, 1.54) is 0 Å². The van der Waals surface area contributed by atoms with Gasteiger partial charge in [-0.2, -0.15) is 0 Å². The van der Waals surface area contributed by atoms with Crippen LogP contribution >= 0.6 is 27.5 Å². The highest BCUT2D eigenvalue weighted by Crippen LogP contribution is 2.24. The van der Waals surface area contributed by atoms with E-state index in [4.69, 9.17) is 16.3 Å². The largest absolute Gasteiger partial charge is 0.486 e. The second-order valence-electron chi connectivity index (χ2n) is 3.60. The molecule has 0 radical (unpaired) electrons. The van der Waals surface area contributed by atoms with Crippen molar-refractivity contribution >= 4 is 27.5 Å². The van der Waals surface area contributed by atoms with Crippen LogP contribution in [0.5, 0.6) is 5.75 Å². The van der Waals surface area contributed by atoms with Crippen molar-refractivity contribution in [3.63, 3.8) is 0 Å². The van der Waals surface area contributed by atoms with E-state index in [0.717, 1.165) is 22.7 Å². The van der Waals surface area contributed by atoms with E-state index < -0.39 is 11.6 Å². The molecule has 0 atom stereocenters. The van der Waals surface area contributed by atoms with Crippen LogP contribution in [-0.4, -0.2) is 0 Å². The van der Waals surface area contributed by atoms with Crippen LogP contribution in [0.15, 0.2) is 40.9 Å². The Morgan fingerprint density at radius 1 is 1.11 bits per heavy atom. The summed E-state index contributed by atoms with van der Waals surface area (Å²) >= 11 is 9.27. The molecule has 0 aliphatic rings. The Kier molecular flexibility index (Phi) is 4.19. The van der Waals surface area contributed by atoms with Crippen molar-refractivity contribution in [3.8, 4) is 5.75 Å². The van der Waals surface area contributed by atoms with Crippen LogP contribution in [0.4, 0.5) is 8.78 Å². The summed E-state index contributed by atoms with van der Waals surface area (Å²) in [7, 11) is 0. The van der Waals surface area contributed by atoms with Crippen LogP contribution < -0.4 is 4.74 Å². The first-order valence-corrected chi connectivity index (χ1v) is 6.25. The number of benzene rings is 2. The maximum atomic E-state index is 13.3. The normalized spacial score (nSPS) is 10.4. The molecule has 2 rings (SSSR count). The lowest BCUT2D eigenvalue weighted by Gasteiger charge is -2.09. The minimum atomic E-state index is -0.607. The molecule has 18 heavy (non-hydrogen) atoms. The van der Waals surface area contributed by atoms with E-state index in [9.17, 15) is 8.78 Å². The zero-order valence-corrected chi connectivity index (χ0v) is 11.4. The van der Waals surface area contributed by atoms with Crippen molar-refractivity contribution in [1.82, 2.24) is 0 Å². The van der Waals surface area contributed by atoms with Crippen LogP contribution in [0, 0.1) is 11.6 Å². The molecule has 0 saturated heterocycles. The molecular weight excluding hydrogens is 325 g/mol. The van der Waals surface area contributed by atoms with E-state index in [1.807, 2.05) is 0 Å². The van der Waals surface area contributed by atoms with Gasteiger partial charge in [-0.1, -0.05) is 33.6 Å². The van der Waals surface area contributed by atoms with Gasteiger partial charge < -0.3 is 4.74 Å². The van der Waals surface area contributed by atoms with Gasteiger partial charge in [-0.15, -0.1) is 0 Å². The lowest BCUT2D eigenvalue weighted by molar-refractivity contribution is 0.288. The van der Waals surface area contributed by atoms with Gasteiger partial charge in [0.15, 0.2) is 11.6 Å². The third-order valence-corrected chi connectivity index (χ3v) is 3.14. The minimum absolute atomic E-state index is 0.0759. The topological polar surface area (TPSA) is 9.23 Å². The number of rotatable bonds is 3. The molecule has 0 aliphatic carbocycles. The van der Waals surface area contributed by atoms with E-state index in [-0.39, 0.29) is 12.4 Å². The highest BCUT2D eigenvalue weighted by atomic mass is 79.9. The maximum absolute atomic E-state index is 13.3. The van der Waals surface area contributed by atoms with Gasteiger partial charge in [0.25, 0.3) is 0 Å². The Morgan fingerprint density at radius 2 is 1.89 bits per heavy atom. The zero-order chi connectivity index (χ0) is 13.1. The summed E-state index contributed by atoms with van der Waals surface area (Å²) in [5, 5.41) is 0.501. The van der Waals surface area contributed by atoms with Gasteiger partial charge in [-0.25, -0.2) is 8.78 Å². The quantitative estimate of drug-likeness (QED) is 0.771. The fourth-order valence-corrected chi connectivity index (χ4v) is 2.11.